The number of aryl methyl sites for hydroxylation is 1. The highest BCUT2D eigenvalue weighted by atomic mass is 14.6. The average molecular weight is 268 g/mol. The van der Waals surface area contributed by atoms with Gasteiger partial charge in [0.05, 0.1) is 0 Å². The highest BCUT2D eigenvalue weighted by Gasteiger charge is 2.57. The van der Waals surface area contributed by atoms with Crippen LogP contribution in [-0.4, -0.2) is 0 Å². The van der Waals surface area contributed by atoms with Crippen molar-refractivity contribution >= 4 is 0 Å². The minimum Gasteiger partial charge on any atom is -0.0654 e. The van der Waals surface area contributed by atoms with E-state index in [1.54, 1.807) is 24.8 Å². The van der Waals surface area contributed by atoms with Gasteiger partial charge in [0.15, 0.2) is 0 Å². The Hall–Kier alpha value is -0.780. The highest BCUT2D eigenvalue weighted by Crippen LogP contribution is 2.66. The van der Waals surface area contributed by atoms with Gasteiger partial charge < -0.3 is 0 Å². The minimum atomic E-state index is 0.549. The maximum Gasteiger partial charge on any atom is -0.00364 e. The maximum atomic E-state index is 2.45. The van der Waals surface area contributed by atoms with Crippen LogP contribution in [0, 0.1) is 24.2 Å². The van der Waals surface area contributed by atoms with E-state index in [0.29, 0.717) is 10.8 Å². The Morgan fingerprint density at radius 3 is 2.25 bits per heavy atom. The monoisotopic (exact) mass is 268 g/mol. The molecule has 0 spiro atoms. The molecule has 20 heavy (non-hydrogen) atoms. The standard InChI is InChI=1S/C20H28/c1-3-8-19-10-16-9-17(11-19)13-20(12-16,14-19)18-6-4-15(2)5-7-18/h4-7,16-17H,3,8-14H2,1-2H3/t16-,17+,19?,20?. The Balaban J connectivity index is 1.73. The summed E-state index contributed by atoms with van der Waals surface area (Å²) in [6.45, 7) is 4.60. The molecule has 1 aromatic carbocycles. The molecule has 0 aromatic heterocycles. The van der Waals surface area contributed by atoms with Gasteiger partial charge in [-0.3, -0.25) is 0 Å². The second-order valence-corrected chi connectivity index (χ2v) is 8.36. The van der Waals surface area contributed by atoms with Crippen LogP contribution < -0.4 is 0 Å². The number of hydrogen-bond acceptors (Lipinski definition) is 0. The molecule has 4 saturated carbocycles. The third-order valence-electron chi connectivity index (χ3n) is 6.63. The van der Waals surface area contributed by atoms with E-state index in [1.165, 1.54) is 37.7 Å². The lowest BCUT2D eigenvalue weighted by atomic mass is 9.42. The van der Waals surface area contributed by atoms with Gasteiger partial charge in [0.2, 0.25) is 0 Å². The smallest absolute Gasteiger partial charge is 0.00364 e. The number of hydrogen-bond donors (Lipinski definition) is 0. The summed E-state index contributed by atoms with van der Waals surface area (Å²) < 4.78 is 0. The third kappa shape index (κ3) is 1.87. The van der Waals surface area contributed by atoms with E-state index in [2.05, 4.69) is 38.1 Å². The molecule has 4 aliphatic rings. The molecule has 1 aromatic rings. The van der Waals surface area contributed by atoms with Gasteiger partial charge in [-0.05, 0) is 80.1 Å². The zero-order chi connectivity index (χ0) is 13.8. The van der Waals surface area contributed by atoms with Crippen LogP contribution in [0.1, 0.15) is 69.4 Å². The van der Waals surface area contributed by atoms with E-state index in [-0.39, 0.29) is 0 Å². The molecule has 4 bridgehead atoms. The van der Waals surface area contributed by atoms with Gasteiger partial charge in [-0.15, -0.1) is 0 Å². The van der Waals surface area contributed by atoms with Crippen LogP contribution in [0.25, 0.3) is 0 Å². The fraction of sp³-hybridized carbons (Fsp3) is 0.700. The second-order valence-electron chi connectivity index (χ2n) is 8.36. The zero-order valence-electron chi connectivity index (χ0n) is 13.1. The lowest BCUT2D eigenvalue weighted by molar-refractivity contribution is -0.0764. The van der Waals surface area contributed by atoms with Crippen LogP contribution in [0.4, 0.5) is 0 Å². The summed E-state index contributed by atoms with van der Waals surface area (Å²) in [7, 11) is 0. The average Bonchev–Trinajstić information content (AvgIpc) is 2.37. The molecule has 4 aliphatic carbocycles. The first kappa shape index (κ1) is 12.9. The fourth-order valence-electron chi connectivity index (χ4n) is 6.52. The summed E-state index contributed by atoms with van der Waals surface area (Å²) >= 11 is 0. The topological polar surface area (TPSA) is 0 Å². The summed E-state index contributed by atoms with van der Waals surface area (Å²) in [6.07, 6.45) is 12.0. The van der Waals surface area contributed by atoms with E-state index in [0.717, 1.165) is 11.8 Å². The van der Waals surface area contributed by atoms with Crippen molar-refractivity contribution in [3.8, 4) is 0 Å². The predicted octanol–water partition coefficient (Wildman–Crippen LogP) is 5.63. The second kappa shape index (κ2) is 4.36. The van der Waals surface area contributed by atoms with Crippen LogP contribution in [-0.2, 0) is 5.41 Å². The SMILES string of the molecule is CCCC12C[C@H]3C[C@@H](C1)CC(c1ccc(C)cc1)(C3)C2. The molecule has 0 nitrogen and oxygen atoms in total. The van der Waals surface area contributed by atoms with Crippen molar-refractivity contribution in [2.24, 2.45) is 17.3 Å². The molecule has 0 heterocycles. The summed E-state index contributed by atoms with van der Waals surface area (Å²) in [5.41, 5.74) is 4.33. The van der Waals surface area contributed by atoms with Crippen molar-refractivity contribution < 1.29 is 0 Å². The fourth-order valence-corrected chi connectivity index (χ4v) is 6.52. The van der Waals surface area contributed by atoms with Gasteiger partial charge in [-0.2, -0.15) is 0 Å². The van der Waals surface area contributed by atoms with Gasteiger partial charge in [-0.1, -0.05) is 43.2 Å². The Morgan fingerprint density at radius 1 is 1.00 bits per heavy atom. The molecule has 5 rings (SSSR count). The van der Waals surface area contributed by atoms with Crippen LogP contribution in [0.3, 0.4) is 0 Å². The molecule has 0 aliphatic heterocycles. The summed E-state index contributed by atoms with van der Waals surface area (Å²) in [5.74, 6) is 2.06. The zero-order valence-corrected chi connectivity index (χ0v) is 13.1. The van der Waals surface area contributed by atoms with Crippen LogP contribution in [0.15, 0.2) is 24.3 Å². The Bertz CT molecular complexity index is 481. The molecule has 0 radical (unpaired) electrons. The van der Waals surface area contributed by atoms with Crippen molar-refractivity contribution in [2.75, 3.05) is 0 Å². The van der Waals surface area contributed by atoms with Gasteiger partial charge in [0.1, 0.15) is 0 Å². The number of benzene rings is 1. The molecule has 108 valence electrons. The normalized spacial score (nSPS) is 42.1. The molecule has 0 N–H and O–H groups in total. The van der Waals surface area contributed by atoms with E-state index in [9.17, 15) is 0 Å². The third-order valence-corrected chi connectivity index (χ3v) is 6.63. The molecule has 0 heteroatoms. The summed E-state index contributed by atoms with van der Waals surface area (Å²) in [5, 5.41) is 0. The Morgan fingerprint density at radius 2 is 1.65 bits per heavy atom. The molecule has 2 unspecified atom stereocenters. The van der Waals surface area contributed by atoms with Crippen molar-refractivity contribution in [3.05, 3.63) is 35.4 Å². The molecule has 4 atom stereocenters. The van der Waals surface area contributed by atoms with Gasteiger partial charge in [0, 0.05) is 0 Å². The van der Waals surface area contributed by atoms with E-state index < -0.39 is 0 Å². The Kier molecular flexibility index (Phi) is 2.81. The largest absolute Gasteiger partial charge is 0.0654 e. The lowest BCUT2D eigenvalue weighted by Gasteiger charge is -2.63. The first-order chi connectivity index (χ1) is 9.63. The lowest BCUT2D eigenvalue weighted by Crippen LogP contribution is -2.53. The Labute approximate surface area is 124 Å². The minimum absolute atomic E-state index is 0.549. The van der Waals surface area contributed by atoms with Gasteiger partial charge in [-0.25, -0.2) is 0 Å². The van der Waals surface area contributed by atoms with E-state index in [4.69, 9.17) is 0 Å². The van der Waals surface area contributed by atoms with Gasteiger partial charge >= 0.3 is 0 Å². The molecule has 4 fully saturated rings. The van der Waals surface area contributed by atoms with Crippen LogP contribution in [0.2, 0.25) is 0 Å². The van der Waals surface area contributed by atoms with Crippen molar-refractivity contribution in [1.82, 2.24) is 0 Å². The van der Waals surface area contributed by atoms with Gasteiger partial charge in [0.25, 0.3) is 0 Å². The van der Waals surface area contributed by atoms with E-state index >= 15 is 0 Å². The highest BCUT2D eigenvalue weighted by molar-refractivity contribution is 5.32. The van der Waals surface area contributed by atoms with E-state index in [1.807, 2.05) is 0 Å². The first-order valence-electron chi connectivity index (χ1n) is 8.70. The predicted molar refractivity (Wildman–Crippen MR) is 84.9 cm³/mol. The quantitative estimate of drug-likeness (QED) is 0.666. The van der Waals surface area contributed by atoms with Crippen LogP contribution in [0.5, 0.6) is 0 Å². The molecular formula is C20H28. The van der Waals surface area contributed by atoms with Crippen molar-refractivity contribution in [2.45, 2.75) is 70.6 Å². The summed E-state index contributed by atoms with van der Waals surface area (Å²) in [4.78, 5) is 0. The number of rotatable bonds is 3. The summed E-state index contributed by atoms with van der Waals surface area (Å²) in [6, 6.07) is 9.56. The maximum absolute atomic E-state index is 2.45. The molecular weight excluding hydrogens is 240 g/mol. The van der Waals surface area contributed by atoms with Crippen molar-refractivity contribution in [1.29, 1.82) is 0 Å². The molecule has 0 saturated heterocycles. The first-order valence-corrected chi connectivity index (χ1v) is 8.70. The van der Waals surface area contributed by atoms with Crippen molar-refractivity contribution in [3.63, 3.8) is 0 Å². The van der Waals surface area contributed by atoms with Crippen LogP contribution >= 0.6 is 0 Å². The molecule has 0 amide bonds.